The predicted molar refractivity (Wildman–Crippen MR) is 146 cm³/mol. The number of anilines is 1. The van der Waals surface area contributed by atoms with Crippen molar-refractivity contribution < 1.29 is 27.4 Å². The maximum atomic E-state index is 14.2. The average Bonchev–Trinajstić information content (AvgIpc) is 3.39. The number of aromatic nitrogens is 2. The molecule has 8 rings (SSSR count). The van der Waals surface area contributed by atoms with Gasteiger partial charge < -0.3 is 19.7 Å². The summed E-state index contributed by atoms with van der Waals surface area (Å²) in [5.74, 6) is 4.25. The fourth-order valence-electron chi connectivity index (χ4n) is 8.84. The van der Waals surface area contributed by atoms with Gasteiger partial charge in [0.15, 0.2) is 23.2 Å². The van der Waals surface area contributed by atoms with E-state index in [1.165, 1.54) is 52.4 Å². The maximum Gasteiger partial charge on any atom is 0.410 e. The van der Waals surface area contributed by atoms with Crippen molar-refractivity contribution in [1.82, 2.24) is 19.6 Å². The topological polar surface area (TPSA) is 71.9 Å². The number of carbonyl (C=O) groups is 1. The molecule has 1 N–H and O–H groups in total. The molecule has 0 radical (unpaired) electrons. The Kier molecular flexibility index (Phi) is 6.63. The Morgan fingerprint density at radius 1 is 0.902 bits per heavy atom. The zero-order valence-electron chi connectivity index (χ0n) is 23.6. The number of nitrogens with one attached hydrogen (secondary N) is 1. The fourth-order valence-corrected chi connectivity index (χ4v) is 8.84. The molecule has 6 aliphatic rings. The van der Waals surface area contributed by atoms with Crippen molar-refractivity contribution in [2.45, 2.75) is 62.8 Å². The molecule has 1 saturated heterocycles. The van der Waals surface area contributed by atoms with Crippen LogP contribution in [-0.4, -0.2) is 78.1 Å². The second kappa shape index (κ2) is 10.1. The number of halogens is 3. The minimum absolute atomic E-state index is 0.0535. The number of alkyl halides is 3. The number of piperazine rings is 1. The summed E-state index contributed by atoms with van der Waals surface area (Å²) in [6.45, 7) is 2.79. The van der Waals surface area contributed by atoms with Gasteiger partial charge in [-0.25, -0.2) is 4.68 Å². The van der Waals surface area contributed by atoms with Gasteiger partial charge in [-0.15, -0.1) is 0 Å². The highest BCUT2D eigenvalue weighted by molar-refractivity contribution is 5.93. The highest BCUT2D eigenvalue weighted by Gasteiger charge is 2.51. The smallest absolute Gasteiger partial charge is 0.410 e. The van der Waals surface area contributed by atoms with Crippen molar-refractivity contribution in [2.75, 3.05) is 45.7 Å². The SMILES string of the molecule is COc1ccc([C@H]2C[C@@H](C(F)(F)F)n3nc(C(=O)N4CCN(C5C6CC7CC(C6)CC5C7)CC4)cc3N2)cc1OC. The molecule has 0 spiro atoms. The van der Waals surface area contributed by atoms with E-state index in [1.807, 2.05) is 0 Å². The molecule has 8 nitrogen and oxygen atoms in total. The molecule has 222 valence electrons. The molecule has 2 atom stereocenters. The van der Waals surface area contributed by atoms with Crippen molar-refractivity contribution in [3.63, 3.8) is 0 Å². The lowest BCUT2D eigenvalue weighted by Crippen LogP contribution is -2.60. The van der Waals surface area contributed by atoms with Gasteiger partial charge in [-0.1, -0.05) is 6.07 Å². The van der Waals surface area contributed by atoms with Crippen LogP contribution in [0.3, 0.4) is 0 Å². The van der Waals surface area contributed by atoms with Crippen molar-refractivity contribution in [3.8, 4) is 11.5 Å². The van der Waals surface area contributed by atoms with Gasteiger partial charge in [-0.2, -0.15) is 18.3 Å². The van der Waals surface area contributed by atoms with Gasteiger partial charge in [0.25, 0.3) is 5.91 Å². The first-order valence-electron chi connectivity index (χ1n) is 14.9. The summed E-state index contributed by atoms with van der Waals surface area (Å²) in [4.78, 5) is 17.9. The first-order valence-corrected chi connectivity index (χ1v) is 14.9. The van der Waals surface area contributed by atoms with Crippen molar-refractivity contribution in [3.05, 3.63) is 35.5 Å². The van der Waals surface area contributed by atoms with Crippen LogP contribution in [-0.2, 0) is 0 Å². The highest BCUT2D eigenvalue weighted by atomic mass is 19.4. The van der Waals surface area contributed by atoms with Crippen LogP contribution in [0.2, 0.25) is 0 Å². The molecule has 1 amide bonds. The second-order valence-electron chi connectivity index (χ2n) is 12.7. The largest absolute Gasteiger partial charge is 0.493 e. The van der Waals surface area contributed by atoms with Crippen LogP contribution in [0.1, 0.15) is 66.7 Å². The summed E-state index contributed by atoms with van der Waals surface area (Å²) in [5.41, 5.74) is 0.691. The number of benzene rings is 1. The number of amides is 1. The van der Waals surface area contributed by atoms with Crippen molar-refractivity contribution >= 4 is 11.7 Å². The number of nitrogens with zero attached hydrogens (tertiary/aromatic N) is 4. The second-order valence-corrected chi connectivity index (χ2v) is 12.7. The van der Waals surface area contributed by atoms with E-state index < -0.39 is 18.3 Å². The molecular weight excluding hydrogens is 535 g/mol. The number of rotatable bonds is 5. The van der Waals surface area contributed by atoms with Gasteiger partial charge in [0, 0.05) is 44.7 Å². The van der Waals surface area contributed by atoms with Crippen LogP contribution >= 0.6 is 0 Å². The Bertz CT molecular complexity index is 1280. The van der Waals surface area contributed by atoms with E-state index in [2.05, 4.69) is 15.3 Å². The van der Waals surface area contributed by atoms with E-state index in [0.717, 1.165) is 41.4 Å². The molecule has 2 aromatic rings. The number of fused-ring (bicyclic) bond motifs is 1. The van der Waals surface area contributed by atoms with E-state index in [0.29, 0.717) is 36.2 Å². The van der Waals surface area contributed by atoms with Gasteiger partial charge in [0.2, 0.25) is 0 Å². The van der Waals surface area contributed by atoms with Crippen LogP contribution in [0.25, 0.3) is 0 Å². The zero-order valence-corrected chi connectivity index (χ0v) is 23.6. The minimum atomic E-state index is -4.53. The average molecular weight is 574 g/mol. The van der Waals surface area contributed by atoms with Crippen LogP contribution in [0.4, 0.5) is 19.0 Å². The molecule has 4 bridgehead atoms. The van der Waals surface area contributed by atoms with Crippen LogP contribution in [0.15, 0.2) is 24.3 Å². The standard InChI is InChI=1S/C30H38F3N5O3/c1-40-24-4-3-19(14-25(24)41-2)22-15-26(30(31,32)33)38-27(34-22)16-23(35-38)29(39)37-7-5-36(6-8-37)28-20-10-17-9-18(12-20)13-21(28)11-17/h3-4,14,16-18,20-22,26,28,34H,5-13,15H2,1-2H3/t17?,18?,20?,21?,22-,26+,28?/m1/s1. The number of hydrogen-bond donors (Lipinski definition) is 1. The molecular formula is C30H38F3N5O3. The summed E-state index contributed by atoms with van der Waals surface area (Å²) in [6.07, 6.45) is 2.07. The maximum absolute atomic E-state index is 14.2. The lowest BCUT2D eigenvalue weighted by molar-refractivity contribution is -0.173. The Balaban J connectivity index is 1.07. The molecule has 11 heteroatoms. The molecule has 3 heterocycles. The highest BCUT2D eigenvalue weighted by Crippen LogP contribution is 2.55. The third kappa shape index (κ3) is 4.73. The normalized spacial score (nSPS) is 32.9. The summed E-state index contributed by atoms with van der Waals surface area (Å²) < 4.78 is 54.3. The fraction of sp³-hybridized carbons (Fsp3) is 0.667. The Morgan fingerprint density at radius 2 is 1.56 bits per heavy atom. The number of hydrogen-bond acceptors (Lipinski definition) is 6. The van der Waals surface area contributed by atoms with Gasteiger partial charge in [-0.3, -0.25) is 9.69 Å². The predicted octanol–water partition coefficient (Wildman–Crippen LogP) is 5.14. The third-order valence-electron chi connectivity index (χ3n) is 10.4. The van der Waals surface area contributed by atoms with Crippen LogP contribution in [0, 0.1) is 23.7 Å². The summed E-state index contributed by atoms with van der Waals surface area (Å²) in [6, 6.07) is 4.70. The van der Waals surface area contributed by atoms with Gasteiger partial charge in [0.05, 0.1) is 20.3 Å². The lowest BCUT2D eigenvalue weighted by Gasteiger charge is -2.58. The van der Waals surface area contributed by atoms with E-state index in [4.69, 9.17) is 9.47 Å². The van der Waals surface area contributed by atoms with E-state index in [9.17, 15) is 18.0 Å². The lowest BCUT2D eigenvalue weighted by atomic mass is 9.54. The monoisotopic (exact) mass is 573 g/mol. The van der Waals surface area contributed by atoms with E-state index in [1.54, 1.807) is 23.1 Å². The Hall–Kier alpha value is -2.95. The summed E-state index contributed by atoms with van der Waals surface area (Å²) in [7, 11) is 3.00. The zero-order chi connectivity index (χ0) is 28.5. The molecule has 1 aromatic heterocycles. The summed E-state index contributed by atoms with van der Waals surface area (Å²) in [5, 5.41) is 7.40. The number of methoxy groups -OCH3 is 2. The van der Waals surface area contributed by atoms with E-state index >= 15 is 0 Å². The molecule has 2 aliphatic heterocycles. The van der Waals surface area contributed by atoms with Crippen molar-refractivity contribution in [1.29, 1.82) is 0 Å². The summed E-state index contributed by atoms with van der Waals surface area (Å²) >= 11 is 0. The minimum Gasteiger partial charge on any atom is -0.493 e. The number of carbonyl (C=O) groups excluding carboxylic acids is 1. The molecule has 0 unspecified atom stereocenters. The Labute approximate surface area is 238 Å². The Morgan fingerprint density at radius 3 is 2.17 bits per heavy atom. The molecule has 4 aliphatic carbocycles. The number of ether oxygens (including phenoxy) is 2. The van der Waals surface area contributed by atoms with Crippen molar-refractivity contribution in [2.24, 2.45) is 23.7 Å². The first-order chi connectivity index (χ1) is 19.7. The molecule has 4 saturated carbocycles. The molecule has 1 aromatic carbocycles. The molecule has 5 fully saturated rings. The third-order valence-corrected chi connectivity index (χ3v) is 10.4. The van der Waals surface area contributed by atoms with Gasteiger partial charge in [-0.05, 0) is 73.5 Å². The van der Waals surface area contributed by atoms with Crippen LogP contribution in [0.5, 0.6) is 11.5 Å². The first kappa shape index (κ1) is 26.9. The van der Waals surface area contributed by atoms with Gasteiger partial charge >= 0.3 is 6.18 Å². The van der Waals surface area contributed by atoms with Gasteiger partial charge in [0.1, 0.15) is 5.82 Å². The quantitative estimate of drug-likeness (QED) is 0.534. The molecule has 41 heavy (non-hydrogen) atoms. The van der Waals surface area contributed by atoms with E-state index in [-0.39, 0.29) is 23.8 Å². The van der Waals surface area contributed by atoms with Crippen LogP contribution < -0.4 is 14.8 Å².